The van der Waals surface area contributed by atoms with E-state index in [1.54, 1.807) is 0 Å². The first kappa shape index (κ1) is 28.2. The molecule has 3 aromatic rings. The van der Waals surface area contributed by atoms with Gasteiger partial charge < -0.3 is 19.1 Å². The number of nitrogens with zero attached hydrogens (tertiary/aromatic N) is 3. The number of hydrogen-bond donors (Lipinski definition) is 0. The van der Waals surface area contributed by atoms with E-state index in [-0.39, 0.29) is 36.6 Å². The fourth-order valence-electron chi connectivity index (χ4n) is 4.94. The van der Waals surface area contributed by atoms with Crippen LogP contribution in [0, 0.1) is 12.8 Å². The first-order chi connectivity index (χ1) is 19.4. The number of thiazole rings is 1. The van der Waals surface area contributed by atoms with Crippen LogP contribution in [0.2, 0.25) is 0 Å². The Morgan fingerprint density at radius 3 is 2.70 bits per heavy atom. The zero-order valence-corrected chi connectivity index (χ0v) is 24.2. The average Bonchev–Trinajstić information content (AvgIpc) is 3.54. The van der Waals surface area contributed by atoms with Gasteiger partial charge in [-0.3, -0.25) is 9.59 Å². The molecule has 1 aromatic carbocycles. The van der Waals surface area contributed by atoms with E-state index in [2.05, 4.69) is 21.8 Å². The van der Waals surface area contributed by atoms with Crippen molar-refractivity contribution in [1.29, 1.82) is 0 Å². The van der Waals surface area contributed by atoms with Gasteiger partial charge in [0, 0.05) is 44.4 Å². The summed E-state index contributed by atoms with van der Waals surface area (Å²) in [4.78, 5) is 36.6. The molecule has 1 saturated carbocycles. The van der Waals surface area contributed by atoms with Gasteiger partial charge in [0.15, 0.2) is 11.6 Å². The highest BCUT2D eigenvalue weighted by Gasteiger charge is 2.26. The second-order valence-corrected chi connectivity index (χ2v) is 11.9. The number of Topliss-reactive ketones (excluding diaryl/α,β-unsaturated/α-hetero) is 2. The molecule has 2 fully saturated rings. The lowest BCUT2D eigenvalue weighted by Gasteiger charge is -2.20. The molecule has 8 nitrogen and oxygen atoms in total. The number of pyridine rings is 1. The summed E-state index contributed by atoms with van der Waals surface area (Å²) in [5, 5.41) is 0.661. The number of benzene rings is 1. The molecule has 212 valence electrons. The Morgan fingerprint density at radius 2 is 1.95 bits per heavy atom. The number of methoxy groups -OCH3 is 1. The maximum Gasteiger partial charge on any atom is 0.215 e. The molecular weight excluding hydrogens is 526 g/mol. The fourth-order valence-corrected chi connectivity index (χ4v) is 5.99. The Kier molecular flexibility index (Phi) is 9.11. The van der Waals surface area contributed by atoms with Gasteiger partial charge in [-0.2, -0.15) is 0 Å². The summed E-state index contributed by atoms with van der Waals surface area (Å²) in [5.74, 6) is 2.28. The molecule has 1 aliphatic heterocycles. The quantitative estimate of drug-likeness (QED) is 0.240. The molecule has 1 saturated heterocycles. The lowest BCUT2D eigenvalue weighted by Crippen LogP contribution is -2.24. The second-order valence-electron chi connectivity index (χ2n) is 10.8. The maximum absolute atomic E-state index is 13.0. The molecular formula is C31H37N3O5S. The number of carbonyl (C=O) groups excluding carboxylic acids is 2. The van der Waals surface area contributed by atoms with Gasteiger partial charge in [0.05, 0.1) is 30.1 Å². The first-order valence-electron chi connectivity index (χ1n) is 14.0. The summed E-state index contributed by atoms with van der Waals surface area (Å²) >= 11 is 1.31. The standard InChI is InChI=1S/C31H37N3O5S/c1-20(14-28(36)31-21(2)33-30(40-31)16-25(35)19-37-3)23-6-8-26(9-7-23)39-27-11-13-34(17-27)24-10-12-32-29(15-24)38-18-22-4-5-22/h6-10,12,15,20,22,27H,4-5,11,13-14,16-19H2,1-3H3/t20-,27?/m1/s1. The van der Waals surface area contributed by atoms with Crippen molar-refractivity contribution in [2.75, 3.05) is 38.3 Å². The molecule has 0 amide bonds. The molecule has 40 heavy (non-hydrogen) atoms. The van der Waals surface area contributed by atoms with Crippen molar-refractivity contribution >= 4 is 28.6 Å². The normalized spacial score (nSPS) is 17.6. The van der Waals surface area contributed by atoms with Gasteiger partial charge in [-0.1, -0.05) is 19.1 Å². The molecule has 0 N–H and O–H groups in total. The summed E-state index contributed by atoms with van der Waals surface area (Å²) in [7, 11) is 1.49. The van der Waals surface area contributed by atoms with Gasteiger partial charge >= 0.3 is 0 Å². The maximum atomic E-state index is 13.0. The van der Waals surface area contributed by atoms with Crippen molar-refractivity contribution in [3.8, 4) is 11.6 Å². The Balaban J connectivity index is 1.11. The van der Waals surface area contributed by atoms with Crippen LogP contribution >= 0.6 is 11.3 Å². The number of hydrogen-bond acceptors (Lipinski definition) is 9. The monoisotopic (exact) mass is 563 g/mol. The topological polar surface area (TPSA) is 90.8 Å². The lowest BCUT2D eigenvalue weighted by atomic mass is 9.95. The third-order valence-electron chi connectivity index (χ3n) is 7.38. The number of ether oxygens (including phenoxy) is 3. The van der Waals surface area contributed by atoms with Gasteiger partial charge in [0.1, 0.15) is 23.5 Å². The SMILES string of the molecule is COCC(=O)Cc1nc(C)c(C(=O)C[C@@H](C)c2ccc(OC3CCN(c4ccnc(OCC5CC5)c4)C3)cc2)s1. The van der Waals surface area contributed by atoms with Crippen LogP contribution in [0.5, 0.6) is 11.6 Å². The summed E-state index contributed by atoms with van der Waals surface area (Å²) in [6.07, 6.45) is 5.96. The Hall–Kier alpha value is -3.30. The van der Waals surface area contributed by atoms with Crippen LogP contribution in [-0.4, -0.2) is 61.1 Å². The zero-order chi connectivity index (χ0) is 28.1. The minimum Gasteiger partial charge on any atom is -0.489 e. The van der Waals surface area contributed by atoms with Crippen LogP contribution in [0.25, 0.3) is 0 Å². The number of carbonyl (C=O) groups is 2. The van der Waals surface area contributed by atoms with E-state index >= 15 is 0 Å². The predicted molar refractivity (Wildman–Crippen MR) is 155 cm³/mol. The number of aromatic nitrogens is 2. The van der Waals surface area contributed by atoms with Crippen molar-refractivity contribution < 1.29 is 23.8 Å². The molecule has 5 rings (SSSR count). The van der Waals surface area contributed by atoms with E-state index in [9.17, 15) is 9.59 Å². The third-order valence-corrected chi connectivity index (χ3v) is 8.58. The molecule has 1 unspecified atom stereocenters. The summed E-state index contributed by atoms with van der Waals surface area (Å²) in [5.41, 5.74) is 2.89. The number of ketones is 2. The van der Waals surface area contributed by atoms with Gasteiger partial charge in [0.25, 0.3) is 0 Å². The number of anilines is 1. The smallest absolute Gasteiger partial charge is 0.215 e. The van der Waals surface area contributed by atoms with E-state index in [0.29, 0.717) is 33.8 Å². The van der Waals surface area contributed by atoms with Crippen molar-refractivity contribution in [1.82, 2.24) is 9.97 Å². The Morgan fingerprint density at radius 1 is 1.15 bits per heavy atom. The first-order valence-corrected chi connectivity index (χ1v) is 14.8. The van der Waals surface area contributed by atoms with Crippen LogP contribution in [0.3, 0.4) is 0 Å². The molecule has 2 aromatic heterocycles. The highest BCUT2D eigenvalue weighted by molar-refractivity contribution is 7.14. The minimum absolute atomic E-state index is 0.0449. The van der Waals surface area contributed by atoms with Gasteiger partial charge in [0.2, 0.25) is 5.88 Å². The van der Waals surface area contributed by atoms with E-state index in [1.807, 2.05) is 49.5 Å². The van der Waals surface area contributed by atoms with Crippen molar-refractivity contribution in [3.63, 3.8) is 0 Å². The fraction of sp³-hybridized carbons (Fsp3) is 0.484. The van der Waals surface area contributed by atoms with E-state index < -0.39 is 0 Å². The highest BCUT2D eigenvalue weighted by atomic mass is 32.1. The van der Waals surface area contributed by atoms with Gasteiger partial charge in [-0.15, -0.1) is 11.3 Å². The van der Waals surface area contributed by atoms with Crippen LogP contribution in [0.1, 0.15) is 64.5 Å². The number of rotatable bonds is 14. The Labute approximate surface area is 239 Å². The summed E-state index contributed by atoms with van der Waals surface area (Å²) in [6.45, 7) is 6.43. The molecule has 3 heterocycles. The molecule has 0 spiro atoms. The van der Waals surface area contributed by atoms with E-state index in [4.69, 9.17) is 14.2 Å². The van der Waals surface area contributed by atoms with Crippen molar-refractivity contribution in [2.24, 2.45) is 5.92 Å². The van der Waals surface area contributed by atoms with E-state index in [1.165, 1.54) is 31.3 Å². The van der Waals surface area contributed by atoms with Crippen LogP contribution in [0.15, 0.2) is 42.6 Å². The molecule has 1 aliphatic carbocycles. The van der Waals surface area contributed by atoms with Crippen molar-refractivity contribution in [3.05, 3.63) is 63.7 Å². The van der Waals surface area contributed by atoms with E-state index in [0.717, 1.165) is 43.1 Å². The van der Waals surface area contributed by atoms with Gasteiger partial charge in [-0.25, -0.2) is 9.97 Å². The predicted octanol–water partition coefficient (Wildman–Crippen LogP) is 5.43. The Bertz CT molecular complexity index is 1320. The van der Waals surface area contributed by atoms with Crippen LogP contribution < -0.4 is 14.4 Å². The lowest BCUT2D eigenvalue weighted by molar-refractivity contribution is -0.121. The van der Waals surface area contributed by atoms with Gasteiger partial charge in [-0.05, 0) is 55.4 Å². The third kappa shape index (κ3) is 7.46. The number of aryl methyl sites for hydroxylation is 1. The highest BCUT2D eigenvalue weighted by Crippen LogP contribution is 2.31. The zero-order valence-electron chi connectivity index (χ0n) is 23.4. The summed E-state index contributed by atoms with van der Waals surface area (Å²) in [6, 6.07) is 12.1. The molecule has 0 radical (unpaired) electrons. The largest absolute Gasteiger partial charge is 0.489 e. The van der Waals surface area contributed by atoms with Crippen LogP contribution in [-0.2, 0) is 16.0 Å². The average molecular weight is 564 g/mol. The second kappa shape index (κ2) is 12.9. The molecule has 9 heteroatoms. The summed E-state index contributed by atoms with van der Waals surface area (Å²) < 4.78 is 17.0. The molecule has 0 bridgehead atoms. The minimum atomic E-state index is -0.0449. The van der Waals surface area contributed by atoms with Crippen molar-refractivity contribution in [2.45, 2.75) is 58.0 Å². The molecule has 2 atom stereocenters. The molecule has 2 aliphatic rings. The van der Waals surface area contributed by atoms with Crippen LogP contribution in [0.4, 0.5) is 5.69 Å².